The summed E-state index contributed by atoms with van der Waals surface area (Å²) >= 11 is 1.42. The van der Waals surface area contributed by atoms with Crippen LogP contribution in [0.4, 0.5) is 4.39 Å². The Balaban J connectivity index is 1.63. The average Bonchev–Trinajstić information content (AvgIpc) is 2.98. The van der Waals surface area contributed by atoms with Gasteiger partial charge in [-0.1, -0.05) is 36.0 Å². The van der Waals surface area contributed by atoms with Gasteiger partial charge in [0.25, 0.3) is 0 Å². The molecule has 1 aromatic heterocycles. The first-order chi connectivity index (χ1) is 12.1. The number of benzene rings is 2. The lowest BCUT2D eigenvalue weighted by molar-refractivity contribution is -0.119. The minimum atomic E-state index is -0.281. The molecule has 1 unspecified atom stereocenters. The molecule has 0 aliphatic rings. The van der Waals surface area contributed by atoms with Gasteiger partial charge in [0.05, 0.1) is 22.8 Å². The van der Waals surface area contributed by atoms with Crippen LogP contribution in [-0.2, 0) is 11.3 Å². The van der Waals surface area contributed by atoms with E-state index < -0.39 is 0 Å². The molecule has 0 spiro atoms. The summed E-state index contributed by atoms with van der Waals surface area (Å²) < 4.78 is 15.1. The molecule has 1 N–H and O–H groups in total. The fourth-order valence-electron chi connectivity index (χ4n) is 2.72. The number of imidazole rings is 1. The Hall–Kier alpha value is -2.34. The second-order valence-corrected chi connectivity index (χ2v) is 6.70. The monoisotopic (exact) mass is 357 g/mol. The number of hydrogen-bond donors (Lipinski definition) is 1. The van der Waals surface area contributed by atoms with Crippen LogP contribution < -0.4 is 5.32 Å². The van der Waals surface area contributed by atoms with E-state index in [9.17, 15) is 9.18 Å². The van der Waals surface area contributed by atoms with Crippen molar-refractivity contribution >= 4 is 28.7 Å². The molecule has 25 heavy (non-hydrogen) atoms. The predicted octanol–water partition coefficient (Wildman–Crippen LogP) is 4.16. The molecular formula is C19H20FN3OS. The van der Waals surface area contributed by atoms with Crippen molar-refractivity contribution in [3.05, 3.63) is 59.9 Å². The van der Waals surface area contributed by atoms with E-state index in [2.05, 4.69) is 21.8 Å². The smallest absolute Gasteiger partial charge is 0.230 e. The number of carbonyl (C=O) groups is 1. The first-order valence-electron chi connectivity index (χ1n) is 8.21. The lowest BCUT2D eigenvalue weighted by atomic mass is 10.1. The molecule has 0 fully saturated rings. The van der Waals surface area contributed by atoms with Gasteiger partial charge in [0.2, 0.25) is 5.91 Å². The minimum absolute atomic E-state index is 0.0727. The SMILES string of the molecule is CCn1c(SCC(=O)NC(C)c2ccc(F)cc2)nc2ccccc21. The zero-order chi connectivity index (χ0) is 17.8. The normalized spacial score (nSPS) is 12.3. The Morgan fingerprint density at radius 1 is 1.24 bits per heavy atom. The van der Waals surface area contributed by atoms with Crippen LogP contribution >= 0.6 is 11.8 Å². The maximum atomic E-state index is 13.0. The van der Waals surface area contributed by atoms with Gasteiger partial charge < -0.3 is 9.88 Å². The maximum Gasteiger partial charge on any atom is 0.230 e. The van der Waals surface area contributed by atoms with Crippen LogP contribution in [-0.4, -0.2) is 21.2 Å². The average molecular weight is 357 g/mol. The fourth-order valence-corrected chi connectivity index (χ4v) is 3.61. The first kappa shape index (κ1) is 17.5. The third-order valence-corrected chi connectivity index (χ3v) is 4.99. The molecule has 0 saturated heterocycles. The van der Waals surface area contributed by atoms with Crippen molar-refractivity contribution < 1.29 is 9.18 Å². The number of carbonyl (C=O) groups excluding carboxylic acids is 1. The van der Waals surface area contributed by atoms with E-state index >= 15 is 0 Å². The van der Waals surface area contributed by atoms with Crippen LogP contribution in [0.3, 0.4) is 0 Å². The van der Waals surface area contributed by atoms with E-state index in [1.165, 1.54) is 23.9 Å². The lowest BCUT2D eigenvalue weighted by Crippen LogP contribution is -2.28. The summed E-state index contributed by atoms with van der Waals surface area (Å²) in [6.07, 6.45) is 0. The number of para-hydroxylation sites is 2. The van der Waals surface area contributed by atoms with E-state index in [-0.39, 0.29) is 23.5 Å². The molecule has 3 aromatic rings. The van der Waals surface area contributed by atoms with E-state index in [4.69, 9.17) is 0 Å². The highest BCUT2D eigenvalue weighted by atomic mass is 32.2. The highest BCUT2D eigenvalue weighted by Crippen LogP contribution is 2.24. The molecule has 1 amide bonds. The van der Waals surface area contributed by atoms with Crippen molar-refractivity contribution in [3.63, 3.8) is 0 Å². The summed E-state index contributed by atoms with van der Waals surface area (Å²) in [6, 6.07) is 14.0. The van der Waals surface area contributed by atoms with Crippen molar-refractivity contribution in [2.24, 2.45) is 0 Å². The van der Waals surface area contributed by atoms with Crippen molar-refractivity contribution in [2.75, 3.05) is 5.75 Å². The number of amides is 1. The van der Waals surface area contributed by atoms with Crippen molar-refractivity contribution in [3.8, 4) is 0 Å². The number of rotatable bonds is 6. The molecule has 0 saturated carbocycles. The summed E-state index contributed by atoms with van der Waals surface area (Å²) in [5.74, 6) is -0.0673. The highest BCUT2D eigenvalue weighted by molar-refractivity contribution is 7.99. The molecule has 1 heterocycles. The predicted molar refractivity (Wildman–Crippen MR) is 99.1 cm³/mol. The molecular weight excluding hydrogens is 337 g/mol. The highest BCUT2D eigenvalue weighted by Gasteiger charge is 2.14. The summed E-state index contributed by atoms with van der Waals surface area (Å²) in [6.45, 7) is 4.75. The van der Waals surface area contributed by atoms with Crippen LogP contribution in [0.25, 0.3) is 11.0 Å². The van der Waals surface area contributed by atoms with Crippen molar-refractivity contribution in [1.29, 1.82) is 0 Å². The van der Waals surface area contributed by atoms with Gasteiger partial charge in [0.15, 0.2) is 5.16 Å². The zero-order valence-corrected chi connectivity index (χ0v) is 15.0. The zero-order valence-electron chi connectivity index (χ0n) is 14.2. The summed E-state index contributed by atoms with van der Waals surface area (Å²) in [4.78, 5) is 16.8. The largest absolute Gasteiger partial charge is 0.349 e. The third-order valence-electron chi connectivity index (χ3n) is 4.02. The number of aromatic nitrogens is 2. The van der Waals surface area contributed by atoms with Crippen LogP contribution in [0, 0.1) is 5.82 Å². The molecule has 130 valence electrons. The van der Waals surface area contributed by atoms with Crippen LogP contribution in [0.5, 0.6) is 0 Å². The maximum absolute atomic E-state index is 13.0. The molecule has 0 aliphatic heterocycles. The Morgan fingerprint density at radius 2 is 1.96 bits per heavy atom. The molecule has 6 heteroatoms. The van der Waals surface area contributed by atoms with Crippen LogP contribution in [0.15, 0.2) is 53.7 Å². The first-order valence-corrected chi connectivity index (χ1v) is 9.20. The van der Waals surface area contributed by atoms with Gasteiger partial charge in [-0.05, 0) is 43.7 Å². The summed E-state index contributed by atoms with van der Waals surface area (Å²) in [5.41, 5.74) is 2.89. The summed E-state index contributed by atoms with van der Waals surface area (Å²) in [5, 5.41) is 3.78. The molecule has 3 rings (SSSR count). The molecule has 0 radical (unpaired) electrons. The van der Waals surface area contributed by atoms with Gasteiger partial charge in [-0.15, -0.1) is 0 Å². The topological polar surface area (TPSA) is 46.9 Å². The van der Waals surface area contributed by atoms with Gasteiger partial charge in [-0.3, -0.25) is 4.79 Å². The van der Waals surface area contributed by atoms with E-state index in [0.717, 1.165) is 28.3 Å². The quantitative estimate of drug-likeness (QED) is 0.674. The van der Waals surface area contributed by atoms with E-state index in [0.29, 0.717) is 0 Å². The summed E-state index contributed by atoms with van der Waals surface area (Å²) in [7, 11) is 0. The number of halogens is 1. The lowest BCUT2D eigenvalue weighted by Gasteiger charge is -2.14. The second-order valence-electron chi connectivity index (χ2n) is 5.76. The van der Waals surface area contributed by atoms with Gasteiger partial charge in [0.1, 0.15) is 5.82 Å². The number of nitrogens with zero attached hydrogens (tertiary/aromatic N) is 2. The minimum Gasteiger partial charge on any atom is -0.349 e. The third kappa shape index (κ3) is 4.02. The standard InChI is InChI=1S/C19H20FN3OS/c1-3-23-17-7-5-4-6-16(17)22-19(23)25-12-18(24)21-13(2)14-8-10-15(20)11-9-14/h4-11,13H,3,12H2,1-2H3,(H,21,24). The molecule has 1 atom stereocenters. The van der Waals surface area contributed by atoms with E-state index in [1.807, 2.05) is 31.2 Å². The Kier molecular flexibility index (Phi) is 5.38. The van der Waals surface area contributed by atoms with Crippen molar-refractivity contribution in [2.45, 2.75) is 31.6 Å². The molecule has 0 bridgehead atoms. The van der Waals surface area contributed by atoms with Gasteiger partial charge in [-0.2, -0.15) is 0 Å². The number of thioether (sulfide) groups is 1. The van der Waals surface area contributed by atoms with Crippen molar-refractivity contribution in [1.82, 2.24) is 14.9 Å². The number of aryl methyl sites for hydroxylation is 1. The number of hydrogen-bond acceptors (Lipinski definition) is 3. The Morgan fingerprint density at radius 3 is 2.68 bits per heavy atom. The van der Waals surface area contributed by atoms with Crippen LogP contribution in [0.1, 0.15) is 25.5 Å². The second kappa shape index (κ2) is 7.70. The Labute approximate surface area is 150 Å². The number of fused-ring (bicyclic) bond motifs is 1. The fraction of sp³-hybridized carbons (Fsp3) is 0.263. The van der Waals surface area contributed by atoms with Gasteiger partial charge in [0, 0.05) is 6.54 Å². The van der Waals surface area contributed by atoms with Gasteiger partial charge >= 0.3 is 0 Å². The Bertz CT molecular complexity index is 876. The number of nitrogens with one attached hydrogen (secondary N) is 1. The van der Waals surface area contributed by atoms with Gasteiger partial charge in [-0.25, -0.2) is 9.37 Å². The molecule has 2 aromatic carbocycles. The molecule has 0 aliphatic carbocycles. The molecule has 4 nitrogen and oxygen atoms in total. The van der Waals surface area contributed by atoms with Crippen LogP contribution in [0.2, 0.25) is 0 Å². The van der Waals surface area contributed by atoms with E-state index in [1.54, 1.807) is 12.1 Å².